The third-order valence-corrected chi connectivity index (χ3v) is 2.24. The van der Waals surface area contributed by atoms with Crippen LogP contribution in [0.15, 0.2) is 18.2 Å². The first kappa shape index (κ1) is 15.2. The van der Waals surface area contributed by atoms with Gasteiger partial charge >= 0.3 is 0 Å². The van der Waals surface area contributed by atoms with Crippen LogP contribution in [0.4, 0.5) is 0 Å². The van der Waals surface area contributed by atoms with Crippen molar-refractivity contribution in [2.75, 3.05) is 5.33 Å². The van der Waals surface area contributed by atoms with Crippen molar-refractivity contribution < 1.29 is 9.59 Å². The van der Waals surface area contributed by atoms with Gasteiger partial charge in [0.05, 0.1) is 17.6 Å². The molecule has 1 N–H and O–H groups in total. The SMILES string of the molecule is Br.CC(=O)NCc1cccc(C(=O)CBr)n1. The number of carbonyl (C=O) groups excluding carboxylic acids is 2. The highest BCUT2D eigenvalue weighted by molar-refractivity contribution is 9.09. The number of Topliss-reactive ketones (excluding diaryl/α,β-unsaturated/α-hetero) is 1. The van der Waals surface area contributed by atoms with E-state index in [4.69, 9.17) is 0 Å². The fraction of sp³-hybridized carbons (Fsp3) is 0.300. The van der Waals surface area contributed by atoms with Gasteiger partial charge in [-0.1, -0.05) is 22.0 Å². The van der Waals surface area contributed by atoms with E-state index in [-0.39, 0.29) is 34.0 Å². The largest absolute Gasteiger partial charge is 0.351 e. The zero-order valence-corrected chi connectivity index (χ0v) is 12.0. The standard InChI is InChI=1S/C10H11BrN2O2.BrH/c1-7(14)12-6-8-3-2-4-9(13-8)10(15)5-11;/h2-4H,5-6H2,1H3,(H,12,14);1H. The number of ketones is 1. The van der Waals surface area contributed by atoms with Gasteiger partial charge in [-0.3, -0.25) is 9.59 Å². The third-order valence-electron chi connectivity index (χ3n) is 1.73. The smallest absolute Gasteiger partial charge is 0.217 e. The Morgan fingerprint density at radius 3 is 2.69 bits per heavy atom. The summed E-state index contributed by atoms with van der Waals surface area (Å²) in [6, 6.07) is 5.17. The minimum absolute atomic E-state index is 0. The molecule has 16 heavy (non-hydrogen) atoms. The zero-order chi connectivity index (χ0) is 11.3. The van der Waals surface area contributed by atoms with Crippen LogP contribution in [0.25, 0.3) is 0 Å². The summed E-state index contributed by atoms with van der Waals surface area (Å²) in [6.07, 6.45) is 0. The van der Waals surface area contributed by atoms with Crippen LogP contribution in [-0.4, -0.2) is 22.0 Å². The number of nitrogens with one attached hydrogen (secondary N) is 1. The lowest BCUT2D eigenvalue weighted by Gasteiger charge is -2.03. The Bertz CT molecular complexity index is 383. The van der Waals surface area contributed by atoms with Gasteiger partial charge in [0, 0.05) is 6.92 Å². The maximum Gasteiger partial charge on any atom is 0.217 e. The van der Waals surface area contributed by atoms with E-state index in [0.717, 1.165) is 0 Å². The Labute approximate surface area is 113 Å². The number of pyridine rings is 1. The monoisotopic (exact) mass is 350 g/mol. The minimum atomic E-state index is -0.117. The predicted molar refractivity (Wildman–Crippen MR) is 70.2 cm³/mol. The lowest BCUT2D eigenvalue weighted by atomic mass is 10.2. The molecule has 6 heteroatoms. The summed E-state index contributed by atoms with van der Waals surface area (Å²) in [5.74, 6) is -0.186. The quantitative estimate of drug-likeness (QED) is 0.665. The van der Waals surface area contributed by atoms with Crippen LogP contribution in [0.2, 0.25) is 0 Å². The highest BCUT2D eigenvalue weighted by Gasteiger charge is 2.05. The highest BCUT2D eigenvalue weighted by Crippen LogP contribution is 2.02. The molecule has 1 aromatic heterocycles. The summed E-state index contributed by atoms with van der Waals surface area (Å²) in [5.41, 5.74) is 1.09. The van der Waals surface area contributed by atoms with Crippen LogP contribution < -0.4 is 5.32 Å². The van der Waals surface area contributed by atoms with Gasteiger partial charge < -0.3 is 5.32 Å². The number of amides is 1. The molecule has 0 radical (unpaired) electrons. The molecule has 0 fully saturated rings. The number of nitrogens with zero attached hydrogens (tertiary/aromatic N) is 1. The van der Waals surface area contributed by atoms with Gasteiger partial charge in [-0.25, -0.2) is 4.98 Å². The summed E-state index contributed by atoms with van der Waals surface area (Å²) in [5, 5.41) is 2.88. The fourth-order valence-corrected chi connectivity index (χ4v) is 1.30. The number of rotatable bonds is 4. The van der Waals surface area contributed by atoms with Crippen LogP contribution in [0.1, 0.15) is 23.1 Å². The number of halogens is 2. The van der Waals surface area contributed by atoms with Crippen LogP contribution in [-0.2, 0) is 11.3 Å². The molecule has 1 heterocycles. The molecule has 1 aromatic rings. The predicted octanol–water partition coefficient (Wildman–Crippen LogP) is 1.87. The number of alkyl halides is 1. The molecular formula is C10H12Br2N2O2. The number of aromatic nitrogens is 1. The molecule has 0 aliphatic carbocycles. The molecular weight excluding hydrogens is 340 g/mol. The van der Waals surface area contributed by atoms with Crippen molar-refractivity contribution >= 4 is 44.6 Å². The fourth-order valence-electron chi connectivity index (χ4n) is 1.02. The summed E-state index contributed by atoms with van der Waals surface area (Å²) in [4.78, 5) is 26.1. The van der Waals surface area contributed by atoms with Crippen molar-refractivity contribution in [2.24, 2.45) is 0 Å². The van der Waals surface area contributed by atoms with Gasteiger partial charge in [0.25, 0.3) is 0 Å². The number of hydrogen-bond acceptors (Lipinski definition) is 3. The molecule has 0 atom stereocenters. The van der Waals surface area contributed by atoms with E-state index in [1.165, 1.54) is 6.92 Å². The minimum Gasteiger partial charge on any atom is -0.351 e. The van der Waals surface area contributed by atoms with Crippen molar-refractivity contribution in [2.45, 2.75) is 13.5 Å². The number of carbonyl (C=O) groups is 2. The van der Waals surface area contributed by atoms with Crippen LogP contribution >= 0.6 is 32.9 Å². The van der Waals surface area contributed by atoms with Crippen molar-refractivity contribution in [3.8, 4) is 0 Å². The van der Waals surface area contributed by atoms with Gasteiger partial charge in [-0.05, 0) is 12.1 Å². The molecule has 0 aromatic carbocycles. The maximum atomic E-state index is 11.3. The summed E-state index contributed by atoms with van der Waals surface area (Å²) in [7, 11) is 0. The van der Waals surface area contributed by atoms with E-state index in [9.17, 15) is 9.59 Å². The third kappa shape index (κ3) is 4.85. The van der Waals surface area contributed by atoms with E-state index in [2.05, 4.69) is 26.2 Å². The van der Waals surface area contributed by atoms with E-state index < -0.39 is 0 Å². The summed E-state index contributed by atoms with van der Waals surface area (Å²) >= 11 is 3.08. The van der Waals surface area contributed by atoms with Crippen LogP contribution in [0, 0.1) is 0 Å². The second-order valence-corrected chi connectivity index (χ2v) is 3.54. The highest BCUT2D eigenvalue weighted by atomic mass is 79.9. The van der Waals surface area contributed by atoms with Crippen LogP contribution in [0.3, 0.4) is 0 Å². The Morgan fingerprint density at radius 1 is 1.44 bits per heavy atom. The Kier molecular flexibility index (Phi) is 7.16. The average Bonchev–Trinajstić information content (AvgIpc) is 2.25. The van der Waals surface area contributed by atoms with Gasteiger partial charge in [-0.15, -0.1) is 17.0 Å². The van der Waals surface area contributed by atoms with Gasteiger partial charge in [0.1, 0.15) is 5.69 Å². The average molecular weight is 352 g/mol. The van der Waals surface area contributed by atoms with Crippen molar-refractivity contribution in [3.05, 3.63) is 29.6 Å². The maximum absolute atomic E-state index is 11.3. The van der Waals surface area contributed by atoms with Gasteiger partial charge in [-0.2, -0.15) is 0 Å². The summed E-state index contributed by atoms with van der Waals surface area (Å²) in [6.45, 7) is 1.78. The normalized spacial score (nSPS) is 9.12. The van der Waals surface area contributed by atoms with Gasteiger partial charge in [0.15, 0.2) is 5.78 Å². The van der Waals surface area contributed by atoms with Crippen molar-refractivity contribution in [1.82, 2.24) is 10.3 Å². The van der Waals surface area contributed by atoms with Crippen LogP contribution in [0.5, 0.6) is 0 Å². The molecule has 0 saturated carbocycles. The molecule has 0 aliphatic heterocycles. The lowest BCUT2D eigenvalue weighted by Crippen LogP contribution is -2.20. The van der Waals surface area contributed by atoms with E-state index in [0.29, 0.717) is 17.9 Å². The van der Waals surface area contributed by atoms with Crippen molar-refractivity contribution in [3.63, 3.8) is 0 Å². The first-order valence-electron chi connectivity index (χ1n) is 4.43. The molecule has 0 saturated heterocycles. The molecule has 1 rings (SSSR count). The Balaban J connectivity index is 0.00000225. The van der Waals surface area contributed by atoms with E-state index in [1.54, 1.807) is 18.2 Å². The molecule has 0 spiro atoms. The first-order chi connectivity index (χ1) is 7.13. The summed E-state index contributed by atoms with van der Waals surface area (Å²) < 4.78 is 0. The van der Waals surface area contributed by atoms with E-state index in [1.807, 2.05) is 0 Å². The molecule has 0 unspecified atom stereocenters. The second-order valence-electron chi connectivity index (χ2n) is 2.98. The van der Waals surface area contributed by atoms with Crippen molar-refractivity contribution in [1.29, 1.82) is 0 Å². The lowest BCUT2D eigenvalue weighted by molar-refractivity contribution is -0.119. The molecule has 0 bridgehead atoms. The zero-order valence-electron chi connectivity index (χ0n) is 8.70. The first-order valence-corrected chi connectivity index (χ1v) is 5.55. The Morgan fingerprint density at radius 2 is 2.12 bits per heavy atom. The van der Waals surface area contributed by atoms with E-state index >= 15 is 0 Å². The Hall–Kier alpha value is -0.750. The molecule has 88 valence electrons. The number of hydrogen-bond donors (Lipinski definition) is 1. The molecule has 1 amide bonds. The second kappa shape index (κ2) is 7.51. The topological polar surface area (TPSA) is 59.1 Å². The molecule has 4 nitrogen and oxygen atoms in total. The van der Waals surface area contributed by atoms with Gasteiger partial charge in [0.2, 0.25) is 5.91 Å². The molecule has 0 aliphatic rings.